The third-order valence-electron chi connectivity index (χ3n) is 0.934. The predicted molar refractivity (Wildman–Crippen MR) is 47.5 cm³/mol. The Kier molecular flexibility index (Phi) is 5.36. The van der Waals surface area contributed by atoms with Crippen LogP contribution in [-0.4, -0.2) is 24.8 Å². The van der Waals surface area contributed by atoms with Crippen molar-refractivity contribution in [2.24, 2.45) is 5.90 Å². The molecule has 78 valence electrons. The van der Waals surface area contributed by atoms with E-state index in [4.69, 9.17) is 10.6 Å². The van der Waals surface area contributed by atoms with Crippen LogP contribution in [0, 0.1) is 0 Å². The molecule has 0 atom stereocenters. The minimum atomic E-state index is -0.524. The number of ether oxygens (including phenoxy) is 1. The van der Waals surface area contributed by atoms with E-state index >= 15 is 0 Å². The molecule has 1 amide bonds. The van der Waals surface area contributed by atoms with Crippen molar-refractivity contribution in [3.05, 3.63) is 0 Å². The molecule has 13 heavy (non-hydrogen) atoms. The van der Waals surface area contributed by atoms with E-state index in [1.165, 1.54) is 0 Å². The molecular formula is C7H17N3O3. The van der Waals surface area contributed by atoms with Crippen LogP contribution in [0.5, 0.6) is 0 Å². The number of nitrogens with two attached hydrogens (primary N) is 1. The number of hydrogen-bond donors (Lipinski definition) is 3. The van der Waals surface area contributed by atoms with Gasteiger partial charge in [-0.15, -0.1) is 0 Å². The Hall–Kier alpha value is -0.850. The Morgan fingerprint density at radius 2 is 2.08 bits per heavy atom. The summed E-state index contributed by atoms with van der Waals surface area (Å²) in [6.45, 7) is 6.10. The fraction of sp³-hybridized carbons (Fsp3) is 0.857. The van der Waals surface area contributed by atoms with Crippen molar-refractivity contribution in [2.75, 3.05) is 13.2 Å². The standard InChI is InChI=1S/C7H17N3O3/c1-7(2,3)13-6(11)10-9-4-5-12-8/h9H,4-5,8H2,1-3H3,(H,10,11). The number of nitrogens with one attached hydrogen (secondary N) is 2. The first-order chi connectivity index (χ1) is 5.95. The van der Waals surface area contributed by atoms with Gasteiger partial charge in [0.05, 0.1) is 6.61 Å². The topological polar surface area (TPSA) is 85.6 Å². The van der Waals surface area contributed by atoms with Crippen LogP contribution in [0.15, 0.2) is 0 Å². The van der Waals surface area contributed by atoms with Gasteiger partial charge >= 0.3 is 6.09 Å². The van der Waals surface area contributed by atoms with E-state index in [1.54, 1.807) is 20.8 Å². The van der Waals surface area contributed by atoms with E-state index in [9.17, 15) is 4.79 Å². The monoisotopic (exact) mass is 191 g/mol. The molecule has 0 heterocycles. The zero-order valence-corrected chi connectivity index (χ0v) is 8.22. The minimum Gasteiger partial charge on any atom is -0.443 e. The van der Waals surface area contributed by atoms with Gasteiger partial charge in [0.15, 0.2) is 0 Å². The van der Waals surface area contributed by atoms with Gasteiger partial charge in [-0.3, -0.25) is 5.43 Å². The van der Waals surface area contributed by atoms with Gasteiger partial charge in [-0.25, -0.2) is 16.1 Å². The van der Waals surface area contributed by atoms with Crippen LogP contribution in [-0.2, 0) is 9.57 Å². The summed E-state index contributed by atoms with van der Waals surface area (Å²) in [6, 6.07) is 0. The van der Waals surface area contributed by atoms with Crippen molar-refractivity contribution in [2.45, 2.75) is 26.4 Å². The summed E-state index contributed by atoms with van der Waals surface area (Å²) in [4.78, 5) is 15.2. The lowest BCUT2D eigenvalue weighted by Crippen LogP contribution is -2.42. The van der Waals surface area contributed by atoms with Crippen molar-refractivity contribution in [3.63, 3.8) is 0 Å². The summed E-state index contributed by atoms with van der Waals surface area (Å²) in [5.41, 5.74) is 4.42. The van der Waals surface area contributed by atoms with E-state index in [1.807, 2.05) is 0 Å². The number of carbonyl (C=O) groups is 1. The van der Waals surface area contributed by atoms with Gasteiger partial charge in [0.25, 0.3) is 0 Å². The van der Waals surface area contributed by atoms with Crippen molar-refractivity contribution in [1.82, 2.24) is 10.9 Å². The molecular weight excluding hydrogens is 174 g/mol. The van der Waals surface area contributed by atoms with Crippen LogP contribution in [0.25, 0.3) is 0 Å². The van der Waals surface area contributed by atoms with Crippen LogP contribution in [0.3, 0.4) is 0 Å². The quantitative estimate of drug-likeness (QED) is 0.427. The third kappa shape index (κ3) is 9.06. The van der Waals surface area contributed by atoms with Crippen LogP contribution < -0.4 is 16.7 Å². The molecule has 0 unspecified atom stereocenters. The molecule has 6 heteroatoms. The second-order valence-corrected chi connectivity index (χ2v) is 3.42. The lowest BCUT2D eigenvalue weighted by atomic mass is 10.2. The molecule has 0 saturated carbocycles. The Balaban J connectivity index is 3.41. The molecule has 4 N–H and O–H groups in total. The van der Waals surface area contributed by atoms with Crippen LogP contribution >= 0.6 is 0 Å². The molecule has 0 aliphatic heterocycles. The Bertz CT molecular complexity index is 156. The fourth-order valence-corrected chi connectivity index (χ4v) is 0.548. The SMILES string of the molecule is CC(C)(C)OC(=O)NNCCON. The summed E-state index contributed by atoms with van der Waals surface area (Å²) in [5, 5.41) is 0. The van der Waals surface area contributed by atoms with Crippen LogP contribution in [0.4, 0.5) is 4.79 Å². The zero-order valence-electron chi connectivity index (χ0n) is 8.22. The second kappa shape index (κ2) is 5.74. The summed E-state index contributed by atoms with van der Waals surface area (Å²) in [6.07, 6.45) is -0.524. The van der Waals surface area contributed by atoms with Gasteiger partial charge in [0.1, 0.15) is 5.60 Å². The van der Waals surface area contributed by atoms with E-state index in [-0.39, 0.29) is 0 Å². The molecule has 0 aliphatic rings. The first-order valence-electron chi connectivity index (χ1n) is 3.99. The molecule has 0 bridgehead atoms. The Labute approximate surface area is 77.7 Å². The number of hydrogen-bond acceptors (Lipinski definition) is 5. The maximum absolute atomic E-state index is 11.0. The molecule has 6 nitrogen and oxygen atoms in total. The highest BCUT2D eigenvalue weighted by Gasteiger charge is 2.15. The maximum atomic E-state index is 11.0. The molecule has 0 aromatic carbocycles. The molecule has 0 radical (unpaired) electrons. The van der Waals surface area contributed by atoms with Gasteiger partial charge in [-0.1, -0.05) is 0 Å². The number of amides is 1. The number of rotatable bonds is 4. The number of hydrazine groups is 1. The summed E-state index contributed by atoms with van der Waals surface area (Å²) >= 11 is 0. The van der Waals surface area contributed by atoms with Crippen molar-refractivity contribution in [3.8, 4) is 0 Å². The lowest BCUT2D eigenvalue weighted by Gasteiger charge is -2.19. The molecule has 0 spiro atoms. The first kappa shape index (κ1) is 12.2. The molecule has 0 fully saturated rings. The summed E-state index contributed by atoms with van der Waals surface area (Å²) < 4.78 is 4.93. The average Bonchev–Trinajstić information content (AvgIpc) is 1.94. The van der Waals surface area contributed by atoms with Crippen LogP contribution in [0.2, 0.25) is 0 Å². The van der Waals surface area contributed by atoms with Gasteiger partial charge in [-0.05, 0) is 20.8 Å². The highest BCUT2D eigenvalue weighted by atomic mass is 16.6. The summed E-state index contributed by atoms with van der Waals surface area (Å²) in [7, 11) is 0. The summed E-state index contributed by atoms with van der Waals surface area (Å²) in [5.74, 6) is 4.76. The van der Waals surface area contributed by atoms with E-state index in [0.717, 1.165) is 0 Å². The van der Waals surface area contributed by atoms with E-state index in [0.29, 0.717) is 13.2 Å². The van der Waals surface area contributed by atoms with Crippen LogP contribution in [0.1, 0.15) is 20.8 Å². The molecule has 0 aromatic rings. The molecule has 0 aliphatic carbocycles. The normalized spacial score (nSPS) is 11.1. The zero-order chi connectivity index (χ0) is 10.3. The average molecular weight is 191 g/mol. The first-order valence-corrected chi connectivity index (χ1v) is 3.99. The maximum Gasteiger partial charge on any atom is 0.422 e. The van der Waals surface area contributed by atoms with E-state index in [2.05, 4.69) is 15.7 Å². The molecule has 0 rings (SSSR count). The second-order valence-electron chi connectivity index (χ2n) is 3.42. The van der Waals surface area contributed by atoms with Gasteiger partial charge < -0.3 is 9.57 Å². The molecule has 0 aromatic heterocycles. The van der Waals surface area contributed by atoms with Crippen molar-refractivity contribution >= 4 is 6.09 Å². The lowest BCUT2D eigenvalue weighted by molar-refractivity contribution is 0.0487. The smallest absolute Gasteiger partial charge is 0.422 e. The minimum absolute atomic E-state index is 0.315. The third-order valence-corrected chi connectivity index (χ3v) is 0.934. The Morgan fingerprint density at radius 3 is 2.54 bits per heavy atom. The fourth-order valence-electron chi connectivity index (χ4n) is 0.548. The molecule has 0 saturated heterocycles. The van der Waals surface area contributed by atoms with E-state index < -0.39 is 11.7 Å². The largest absolute Gasteiger partial charge is 0.443 e. The highest BCUT2D eigenvalue weighted by Crippen LogP contribution is 2.05. The highest BCUT2D eigenvalue weighted by molar-refractivity contribution is 5.66. The van der Waals surface area contributed by atoms with Gasteiger partial charge in [0.2, 0.25) is 0 Å². The predicted octanol–water partition coefficient (Wildman–Crippen LogP) is -0.0940. The Morgan fingerprint density at radius 1 is 1.46 bits per heavy atom. The van der Waals surface area contributed by atoms with Crippen molar-refractivity contribution < 1.29 is 14.4 Å². The number of carbonyl (C=O) groups excluding carboxylic acids is 1. The van der Waals surface area contributed by atoms with Gasteiger partial charge in [-0.2, -0.15) is 0 Å². The van der Waals surface area contributed by atoms with Crippen molar-refractivity contribution in [1.29, 1.82) is 0 Å². The van der Waals surface area contributed by atoms with Gasteiger partial charge in [0, 0.05) is 6.54 Å².